The fraction of sp³-hybridized carbons (Fsp3) is 0.316. The summed E-state index contributed by atoms with van der Waals surface area (Å²) in [6.45, 7) is 2.05. The molecule has 1 N–H and O–H groups in total. The average molecular weight is 334 g/mol. The number of nitrogens with one attached hydrogen (secondary N) is 1. The molecule has 2 aromatic carbocycles. The minimum Gasteiger partial charge on any atom is -0.369 e. The number of benzene rings is 2. The van der Waals surface area contributed by atoms with Crippen LogP contribution in [0.2, 0.25) is 0 Å². The maximum Gasteiger partial charge on any atom is 0.251 e. The van der Waals surface area contributed by atoms with Gasteiger partial charge >= 0.3 is 0 Å². The van der Waals surface area contributed by atoms with E-state index < -0.39 is 0 Å². The van der Waals surface area contributed by atoms with Gasteiger partial charge in [0.15, 0.2) is 5.52 Å². The molecule has 1 aromatic heterocycles. The molecule has 25 heavy (non-hydrogen) atoms. The molecule has 0 spiro atoms. The molecule has 1 saturated carbocycles. The van der Waals surface area contributed by atoms with Crippen LogP contribution in [-0.4, -0.2) is 35.4 Å². The Labute approximate surface area is 144 Å². The van der Waals surface area contributed by atoms with Gasteiger partial charge < -0.3 is 10.2 Å². The van der Waals surface area contributed by atoms with Gasteiger partial charge in [0.25, 0.3) is 5.91 Å². The lowest BCUT2D eigenvalue weighted by atomic mass is 10.00. The second-order valence-electron chi connectivity index (χ2n) is 6.80. The number of aromatic nitrogens is 2. The first kappa shape index (κ1) is 14.5. The lowest BCUT2D eigenvalue weighted by Crippen LogP contribution is -2.37. The topological polar surface area (TPSA) is 71.3 Å². The van der Waals surface area contributed by atoms with Gasteiger partial charge in [0, 0.05) is 24.7 Å². The first-order valence-corrected chi connectivity index (χ1v) is 8.70. The molecule has 3 aromatic rings. The summed E-state index contributed by atoms with van der Waals surface area (Å²) in [5.74, 6) is -0.00324. The van der Waals surface area contributed by atoms with E-state index >= 15 is 0 Å². The fourth-order valence-electron chi connectivity index (χ4n) is 3.17. The number of nitrogens with zero attached hydrogens (tertiary/aromatic N) is 3. The summed E-state index contributed by atoms with van der Waals surface area (Å²) in [5, 5.41) is 11.1. The first-order valence-electron chi connectivity index (χ1n) is 8.70. The van der Waals surface area contributed by atoms with Gasteiger partial charge in [-0.3, -0.25) is 4.79 Å². The molecule has 5 rings (SSSR count). The minimum absolute atomic E-state index is 0.00324. The predicted molar refractivity (Wildman–Crippen MR) is 94.6 cm³/mol. The third-order valence-corrected chi connectivity index (χ3v) is 4.91. The number of fused-ring (bicyclic) bond motifs is 1. The van der Waals surface area contributed by atoms with Gasteiger partial charge in [-0.2, -0.15) is 0 Å². The largest absolute Gasteiger partial charge is 0.369 e. The van der Waals surface area contributed by atoms with Crippen LogP contribution in [0.4, 0.5) is 5.69 Å². The second-order valence-corrected chi connectivity index (χ2v) is 6.80. The molecule has 6 heteroatoms. The quantitative estimate of drug-likeness (QED) is 0.794. The standard InChI is InChI=1S/C19H18N4O2/c24-19(20-15-5-6-15)13-4-1-3-12(9-13)14-10-16-18(22-25-21-16)17(11-14)23-7-2-8-23/h1,3-4,9-11,15H,2,5-8H2,(H,20,24). The van der Waals surface area contributed by atoms with Crippen LogP contribution in [0.15, 0.2) is 41.0 Å². The molecule has 1 amide bonds. The van der Waals surface area contributed by atoms with Crippen LogP contribution < -0.4 is 10.2 Å². The SMILES string of the molecule is O=C(NC1CC1)c1cccc(-c2cc(N3CCC3)c3nonc3c2)c1. The Balaban J connectivity index is 1.55. The number of amides is 1. The molecule has 2 heterocycles. The van der Waals surface area contributed by atoms with E-state index in [-0.39, 0.29) is 5.91 Å². The van der Waals surface area contributed by atoms with E-state index in [1.54, 1.807) is 0 Å². The van der Waals surface area contributed by atoms with Gasteiger partial charge in [-0.25, -0.2) is 4.63 Å². The highest BCUT2D eigenvalue weighted by Crippen LogP contribution is 2.34. The smallest absolute Gasteiger partial charge is 0.251 e. The van der Waals surface area contributed by atoms with Gasteiger partial charge in [0.2, 0.25) is 0 Å². The van der Waals surface area contributed by atoms with E-state index in [0.29, 0.717) is 11.6 Å². The summed E-state index contributed by atoms with van der Waals surface area (Å²) in [5.41, 5.74) is 5.29. The van der Waals surface area contributed by atoms with E-state index in [4.69, 9.17) is 4.63 Å². The molecule has 2 fully saturated rings. The lowest BCUT2D eigenvalue weighted by molar-refractivity contribution is 0.0951. The molecular formula is C19H18N4O2. The molecule has 0 radical (unpaired) electrons. The summed E-state index contributed by atoms with van der Waals surface area (Å²) in [6.07, 6.45) is 3.36. The summed E-state index contributed by atoms with van der Waals surface area (Å²) < 4.78 is 4.94. The van der Waals surface area contributed by atoms with E-state index in [9.17, 15) is 4.79 Å². The number of hydrogen-bond acceptors (Lipinski definition) is 5. The Bertz CT molecular complexity index is 957. The average Bonchev–Trinajstić information content (AvgIpc) is 3.26. The fourth-order valence-corrected chi connectivity index (χ4v) is 3.17. The van der Waals surface area contributed by atoms with Crippen molar-refractivity contribution in [1.29, 1.82) is 0 Å². The Morgan fingerprint density at radius 3 is 2.76 bits per heavy atom. The molecule has 1 aliphatic heterocycles. The van der Waals surface area contributed by atoms with Crippen molar-refractivity contribution in [3.8, 4) is 11.1 Å². The van der Waals surface area contributed by atoms with Crippen molar-refractivity contribution in [2.45, 2.75) is 25.3 Å². The van der Waals surface area contributed by atoms with Crippen molar-refractivity contribution in [3.05, 3.63) is 42.0 Å². The zero-order chi connectivity index (χ0) is 16.8. The van der Waals surface area contributed by atoms with Crippen LogP contribution in [-0.2, 0) is 0 Å². The maximum atomic E-state index is 12.3. The van der Waals surface area contributed by atoms with Gasteiger partial charge in [-0.05, 0) is 65.0 Å². The van der Waals surface area contributed by atoms with Crippen molar-refractivity contribution in [2.24, 2.45) is 0 Å². The predicted octanol–water partition coefficient (Wildman–Crippen LogP) is 2.99. The Hall–Kier alpha value is -2.89. The van der Waals surface area contributed by atoms with Crippen molar-refractivity contribution in [3.63, 3.8) is 0 Å². The first-order chi connectivity index (χ1) is 12.3. The molecule has 126 valence electrons. The van der Waals surface area contributed by atoms with Crippen molar-refractivity contribution in [2.75, 3.05) is 18.0 Å². The van der Waals surface area contributed by atoms with Crippen LogP contribution >= 0.6 is 0 Å². The highest BCUT2D eigenvalue weighted by molar-refractivity contribution is 5.97. The molecule has 1 saturated heterocycles. The van der Waals surface area contributed by atoms with Crippen molar-refractivity contribution in [1.82, 2.24) is 15.6 Å². The van der Waals surface area contributed by atoms with Gasteiger partial charge in [0.05, 0.1) is 5.69 Å². The summed E-state index contributed by atoms with van der Waals surface area (Å²) in [6, 6.07) is 12.2. The normalized spacial score (nSPS) is 16.7. The van der Waals surface area contributed by atoms with Gasteiger partial charge in [0.1, 0.15) is 5.52 Å². The van der Waals surface area contributed by atoms with Crippen LogP contribution in [0, 0.1) is 0 Å². The van der Waals surface area contributed by atoms with Gasteiger partial charge in [-0.15, -0.1) is 0 Å². The number of carbonyl (C=O) groups is 1. The van der Waals surface area contributed by atoms with E-state index in [2.05, 4.69) is 26.6 Å². The zero-order valence-electron chi connectivity index (χ0n) is 13.7. The summed E-state index contributed by atoms with van der Waals surface area (Å²) in [4.78, 5) is 14.6. The van der Waals surface area contributed by atoms with Crippen LogP contribution in [0.3, 0.4) is 0 Å². The highest BCUT2D eigenvalue weighted by atomic mass is 16.6. The lowest BCUT2D eigenvalue weighted by Gasteiger charge is -2.33. The Morgan fingerprint density at radius 1 is 1.12 bits per heavy atom. The number of carbonyl (C=O) groups excluding carboxylic acids is 1. The Morgan fingerprint density at radius 2 is 2.00 bits per heavy atom. The third-order valence-electron chi connectivity index (χ3n) is 4.91. The third kappa shape index (κ3) is 2.63. The van der Waals surface area contributed by atoms with Gasteiger partial charge in [-0.1, -0.05) is 12.1 Å². The maximum absolute atomic E-state index is 12.3. The van der Waals surface area contributed by atoms with E-state index in [1.165, 1.54) is 6.42 Å². The number of anilines is 1. The summed E-state index contributed by atoms with van der Waals surface area (Å²) >= 11 is 0. The molecule has 0 unspecified atom stereocenters. The van der Waals surface area contributed by atoms with Crippen molar-refractivity contribution < 1.29 is 9.42 Å². The number of hydrogen-bond donors (Lipinski definition) is 1. The molecule has 6 nitrogen and oxygen atoms in total. The molecule has 2 aliphatic rings. The van der Waals surface area contributed by atoms with E-state index in [0.717, 1.165) is 53.8 Å². The monoisotopic (exact) mass is 334 g/mol. The molecular weight excluding hydrogens is 316 g/mol. The minimum atomic E-state index is -0.00324. The van der Waals surface area contributed by atoms with Crippen LogP contribution in [0.25, 0.3) is 22.2 Å². The zero-order valence-corrected chi connectivity index (χ0v) is 13.7. The Kier molecular flexibility index (Phi) is 3.23. The second kappa shape index (κ2) is 5.58. The molecule has 0 bridgehead atoms. The van der Waals surface area contributed by atoms with Crippen molar-refractivity contribution >= 4 is 22.6 Å². The van der Waals surface area contributed by atoms with E-state index in [1.807, 2.05) is 30.3 Å². The van der Waals surface area contributed by atoms with Crippen LogP contribution in [0.1, 0.15) is 29.6 Å². The summed E-state index contributed by atoms with van der Waals surface area (Å²) in [7, 11) is 0. The van der Waals surface area contributed by atoms with Crippen LogP contribution in [0.5, 0.6) is 0 Å². The highest BCUT2D eigenvalue weighted by Gasteiger charge is 2.24. The molecule has 0 atom stereocenters. The molecule has 1 aliphatic carbocycles. The number of rotatable bonds is 4.